The van der Waals surface area contributed by atoms with E-state index in [2.05, 4.69) is 11.4 Å². The van der Waals surface area contributed by atoms with Crippen molar-refractivity contribution < 1.29 is 19.2 Å². The molecule has 1 heterocycles. The van der Waals surface area contributed by atoms with Crippen LogP contribution in [0.1, 0.15) is 45.2 Å². The van der Waals surface area contributed by atoms with Crippen LogP contribution in [-0.2, 0) is 20.5 Å². The zero-order valence-electron chi connectivity index (χ0n) is 15.8. The highest BCUT2D eigenvalue weighted by molar-refractivity contribution is 6.55. The van der Waals surface area contributed by atoms with Crippen LogP contribution in [0.3, 0.4) is 0 Å². The van der Waals surface area contributed by atoms with Gasteiger partial charge >= 0.3 is 13.1 Å². The van der Waals surface area contributed by atoms with Crippen LogP contribution in [0, 0.1) is 0 Å². The summed E-state index contributed by atoms with van der Waals surface area (Å²) in [5.41, 5.74) is 2.21. The largest absolute Gasteiger partial charge is 0.491 e. The molecule has 0 atom stereocenters. The van der Waals surface area contributed by atoms with E-state index in [1.54, 1.807) is 0 Å². The molecule has 1 fully saturated rings. The molecule has 1 aliphatic rings. The number of carboxylic acid groups (broad SMARTS) is 1. The molecule has 6 heteroatoms. The highest BCUT2D eigenvalue weighted by Crippen LogP contribution is 2.38. The number of aryl methyl sites for hydroxylation is 1. The SMILES string of the molecule is CNCC(=Cc1ccccc1CCC(=O)O)B1OC(C)(C)C(C)(C)O1. The molecule has 0 spiro atoms. The molecule has 5 nitrogen and oxygen atoms in total. The molecule has 1 saturated heterocycles. The van der Waals surface area contributed by atoms with E-state index >= 15 is 0 Å². The van der Waals surface area contributed by atoms with Gasteiger partial charge in [-0.15, -0.1) is 0 Å². The monoisotopic (exact) mass is 345 g/mol. The van der Waals surface area contributed by atoms with E-state index < -0.39 is 24.3 Å². The number of hydrogen-bond acceptors (Lipinski definition) is 4. The number of rotatable bonds is 7. The number of nitrogens with one attached hydrogen (secondary N) is 1. The van der Waals surface area contributed by atoms with E-state index in [0.29, 0.717) is 13.0 Å². The third kappa shape index (κ3) is 4.72. The normalized spacial score (nSPS) is 19.2. The molecule has 0 amide bonds. The number of carbonyl (C=O) groups is 1. The molecule has 1 aliphatic heterocycles. The Hall–Kier alpha value is -1.63. The number of likely N-dealkylation sites (N-methyl/N-ethyl adjacent to an activating group) is 1. The maximum Gasteiger partial charge on any atom is 0.491 e. The minimum absolute atomic E-state index is 0.114. The molecule has 2 N–H and O–H groups in total. The van der Waals surface area contributed by atoms with E-state index in [-0.39, 0.29) is 6.42 Å². The number of carboxylic acids is 1. The Morgan fingerprint density at radius 1 is 1.20 bits per heavy atom. The van der Waals surface area contributed by atoms with Gasteiger partial charge in [-0.25, -0.2) is 0 Å². The fraction of sp³-hybridized carbons (Fsp3) is 0.526. The van der Waals surface area contributed by atoms with Gasteiger partial charge in [-0.05, 0) is 57.8 Å². The summed E-state index contributed by atoms with van der Waals surface area (Å²) in [4.78, 5) is 10.9. The second kappa shape index (κ2) is 7.73. The first-order chi connectivity index (χ1) is 11.7. The summed E-state index contributed by atoms with van der Waals surface area (Å²) in [6, 6.07) is 7.85. The van der Waals surface area contributed by atoms with Gasteiger partial charge in [-0.3, -0.25) is 4.79 Å². The number of aliphatic carboxylic acids is 1. The zero-order chi connectivity index (χ0) is 18.7. The Bertz CT molecular complexity index is 639. The van der Waals surface area contributed by atoms with Crippen molar-refractivity contribution in [3.8, 4) is 0 Å². The molecule has 0 saturated carbocycles. The first-order valence-electron chi connectivity index (χ1n) is 8.66. The fourth-order valence-corrected chi connectivity index (χ4v) is 2.74. The van der Waals surface area contributed by atoms with Crippen LogP contribution in [0.25, 0.3) is 6.08 Å². The predicted molar refractivity (Wildman–Crippen MR) is 100 cm³/mol. The van der Waals surface area contributed by atoms with E-state index in [1.165, 1.54) is 0 Å². The van der Waals surface area contributed by atoms with Crippen LogP contribution >= 0.6 is 0 Å². The first kappa shape index (κ1) is 19.7. The lowest BCUT2D eigenvalue weighted by molar-refractivity contribution is -0.136. The van der Waals surface area contributed by atoms with Crippen LogP contribution in [-0.4, -0.2) is 43.0 Å². The highest BCUT2D eigenvalue weighted by atomic mass is 16.7. The minimum atomic E-state index is -0.791. The van der Waals surface area contributed by atoms with Gasteiger partial charge in [-0.2, -0.15) is 0 Å². The van der Waals surface area contributed by atoms with Crippen molar-refractivity contribution >= 4 is 19.2 Å². The van der Waals surface area contributed by atoms with Crippen molar-refractivity contribution in [2.75, 3.05) is 13.6 Å². The smallest absolute Gasteiger partial charge is 0.481 e. The maximum atomic E-state index is 10.9. The summed E-state index contributed by atoms with van der Waals surface area (Å²) >= 11 is 0. The van der Waals surface area contributed by atoms with Crippen molar-refractivity contribution in [1.29, 1.82) is 0 Å². The van der Waals surface area contributed by atoms with E-state index in [9.17, 15) is 4.79 Å². The van der Waals surface area contributed by atoms with Crippen LogP contribution in [0.4, 0.5) is 0 Å². The molecule has 0 unspecified atom stereocenters. The van der Waals surface area contributed by atoms with Crippen LogP contribution in [0.2, 0.25) is 0 Å². The molecule has 0 aliphatic carbocycles. The molecule has 0 radical (unpaired) electrons. The number of hydrogen-bond donors (Lipinski definition) is 2. The summed E-state index contributed by atoms with van der Waals surface area (Å²) in [6.45, 7) is 8.76. The average Bonchev–Trinajstić information content (AvgIpc) is 2.74. The van der Waals surface area contributed by atoms with Gasteiger partial charge in [0, 0.05) is 13.0 Å². The fourth-order valence-electron chi connectivity index (χ4n) is 2.74. The number of benzene rings is 1. The quantitative estimate of drug-likeness (QED) is 0.744. The Kier molecular flexibility index (Phi) is 6.09. The van der Waals surface area contributed by atoms with Crippen molar-refractivity contribution in [1.82, 2.24) is 5.32 Å². The summed E-state index contributed by atoms with van der Waals surface area (Å²) in [5.74, 6) is -0.791. The van der Waals surface area contributed by atoms with Crippen molar-refractivity contribution in [2.45, 2.75) is 51.7 Å². The van der Waals surface area contributed by atoms with Crippen molar-refractivity contribution in [2.24, 2.45) is 0 Å². The Labute approximate surface area is 150 Å². The molecule has 136 valence electrons. The molecule has 2 rings (SSSR count). The maximum absolute atomic E-state index is 10.9. The zero-order valence-corrected chi connectivity index (χ0v) is 15.8. The average molecular weight is 345 g/mol. The predicted octanol–water partition coefficient (Wildman–Crippen LogP) is 2.94. The Balaban J connectivity index is 2.31. The molecular weight excluding hydrogens is 317 g/mol. The first-order valence-corrected chi connectivity index (χ1v) is 8.66. The Morgan fingerprint density at radius 2 is 1.80 bits per heavy atom. The molecule has 0 bridgehead atoms. The third-order valence-corrected chi connectivity index (χ3v) is 4.94. The van der Waals surface area contributed by atoms with Gasteiger partial charge in [0.25, 0.3) is 0 Å². The Morgan fingerprint density at radius 3 is 2.36 bits per heavy atom. The van der Waals surface area contributed by atoms with Gasteiger partial charge in [0.15, 0.2) is 0 Å². The molecule has 1 aromatic rings. The lowest BCUT2D eigenvalue weighted by Gasteiger charge is -2.32. The molecular formula is C19H28BNO4. The summed E-state index contributed by atoms with van der Waals surface area (Å²) in [7, 11) is 1.46. The third-order valence-electron chi connectivity index (χ3n) is 4.94. The van der Waals surface area contributed by atoms with Crippen molar-refractivity contribution in [3.05, 3.63) is 40.9 Å². The lowest BCUT2D eigenvalue weighted by Crippen LogP contribution is -2.41. The highest BCUT2D eigenvalue weighted by Gasteiger charge is 2.52. The minimum Gasteiger partial charge on any atom is -0.481 e. The summed E-state index contributed by atoms with van der Waals surface area (Å²) < 4.78 is 12.3. The van der Waals surface area contributed by atoms with Gasteiger partial charge in [0.1, 0.15) is 0 Å². The van der Waals surface area contributed by atoms with Gasteiger partial charge in [0.05, 0.1) is 11.2 Å². The lowest BCUT2D eigenvalue weighted by atomic mass is 9.76. The van der Waals surface area contributed by atoms with E-state index in [1.807, 2.05) is 59.0 Å². The molecule has 0 aromatic heterocycles. The van der Waals surface area contributed by atoms with Crippen LogP contribution < -0.4 is 5.32 Å². The van der Waals surface area contributed by atoms with Crippen LogP contribution in [0.5, 0.6) is 0 Å². The molecule has 25 heavy (non-hydrogen) atoms. The summed E-state index contributed by atoms with van der Waals surface area (Å²) in [6.07, 6.45) is 2.66. The van der Waals surface area contributed by atoms with Gasteiger partial charge < -0.3 is 19.7 Å². The standard InChI is InChI=1S/C19H28BNO4/c1-18(2)19(3,4)25-20(24-18)16(13-21-5)12-15-9-7-6-8-14(15)10-11-17(22)23/h6-9,12,21H,10-11,13H2,1-5H3,(H,22,23). The van der Waals surface area contributed by atoms with Gasteiger partial charge in [-0.1, -0.05) is 30.3 Å². The van der Waals surface area contributed by atoms with E-state index in [4.69, 9.17) is 14.4 Å². The van der Waals surface area contributed by atoms with Crippen LogP contribution in [0.15, 0.2) is 29.7 Å². The van der Waals surface area contributed by atoms with Gasteiger partial charge in [0.2, 0.25) is 0 Å². The van der Waals surface area contributed by atoms with Crippen molar-refractivity contribution in [3.63, 3.8) is 0 Å². The second-order valence-electron chi connectivity index (χ2n) is 7.43. The second-order valence-corrected chi connectivity index (χ2v) is 7.43. The van der Waals surface area contributed by atoms with E-state index in [0.717, 1.165) is 16.6 Å². The summed E-state index contributed by atoms with van der Waals surface area (Å²) in [5, 5.41) is 12.1. The topological polar surface area (TPSA) is 67.8 Å². The molecule has 1 aromatic carbocycles.